The molecule has 2 rings (SSSR count). The van der Waals surface area contributed by atoms with Crippen LogP contribution in [0.3, 0.4) is 0 Å². The van der Waals surface area contributed by atoms with Gasteiger partial charge in [-0.1, -0.05) is 12.1 Å². The molecule has 0 saturated carbocycles. The van der Waals surface area contributed by atoms with Crippen LogP contribution < -0.4 is 10.1 Å². The molecule has 152 valence electrons. The lowest BCUT2D eigenvalue weighted by Crippen LogP contribution is -2.46. The summed E-state index contributed by atoms with van der Waals surface area (Å²) in [5.74, 6) is 0.0648. The molecule has 6 nitrogen and oxygen atoms in total. The Hall–Kier alpha value is -1.93. The van der Waals surface area contributed by atoms with Crippen LogP contribution in [0.4, 0.5) is 13.6 Å². The van der Waals surface area contributed by atoms with E-state index >= 15 is 0 Å². The average Bonchev–Trinajstić information content (AvgIpc) is 2.55. The van der Waals surface area contributed by atoms with E-state index in [1.54, 1.807) is 12.1 Å². The van der Waals surface area contributed by atoms with E-state index in [-0.39, 0.29) is 11.8 Å². The molecule has 1 unspecified atom stereocenters. The summed E-state index contributed by atoms with van der Waals surface area (Å²) in [6.45, 7) is 4.52. The quantitative estimate of drug-likeness (QED) is 0.785. The zero-order valence-electron chi connectivity index (χ0n) is 16.0. The highest BCUT2D eigenvalue weighted by atomic mass is 19.3. The first-order chi connectivity index (χ1) is 12.6. The number of hydrogen-bond donors (Lipinski definition) is 2. The molecule has 0 spiro atoms. The number of ether oxygens (including phenoxy) is 2. The number of benzene rings is 1. The SMILES string of the molecule is CC(C)(C)OC(=O)NC1CCN(CC(O)c2ccc(OC(F)F)cc2)CC1. The first kappa shape index (κ1) is 21.4. The van der Waals surface area contributed by atoms with E-state index in [0.717, 1.165) is 25.9 Å². The first-order valence-corrected chi connectivity index (χ1v) is 9.07. The van der Waals surface area contributed by atoms with E-state index in [4.69, 9.17) is 4.74 Å². The molecule has 0 radical (unpaired) electrons. The van der Waals surface area contributed by atoms with Gasteiger partial charge in [0.1, 0.15) is 11.4 Å². The second-order valence-electron chi connectivity index (χ2n) is 7.68. The summed E-state index contributed by atoms with van der Waals surface area (Å²) in [5.41, 5.74) is 0.121. The molecule has 0 bridgehead atoms. The van der Waals surface area contributed by atoms with Gasteiger partial charge >= 0.3 is 12.7 Å². The number of alkyl carbamates (subject to hydrolysis) is 1. The van der Waals surface area contributed by atoms with Crippen molar-refractivity contribution in [2.24, 2.45) is 0 Å². The van der Waals surface area contributed by atoms with Gasteiger partial charge in [-0.05, 0) is 51.3 Å². The van der Waals surface area contributed by atoms with Gasteiger partial charge in [0.05, 0.1) is 6.10 Å². The van der Waals surface area contributed by atoms with E-state index < -0.39 is 24.4 Å². The van der Waals surface area contributed by atoms with E-state index in [0.29, 0.717) is 12.1 Å². The second kappa shape index (κ2) is 9.32. The molecule has 1 atom stereocenters. The number of carbonyl (C=O) groups is 1. The minimum atomic E-state index is -2.86. The molecular weight excluding hydrogens is 358 g/mol. The third-order valence-corrected chi connectivity index (χ3v) is 4.23. The maximum Gasteiger partial charge on any atom is 0.407 e. The van der Waals surface area contributed by atoms with Crippen LogP contribution in [0.25, 0.3) is 0 Å². The van der Waals surface area contributed by atoms with Gasteiger partial charge in [0.25, 0.3) is 0 Å². The number of rotatable bonds is 6. The van der Waals surface area contributed by atoms with E-state index in [2.05, 4.69) is 15.0 Å². The number of β-amino-alcohol motifs (C(OH)–C–C–N with tert-alkyl or cyclic N) is 1. The summed E-state index contributed by atoms with van der Waals surface area (Å²) in [5, 5.41) is 13.2. The molecule has 1 aliphatic rings. The maximum absolute atomic E-state index is 12.2. The molecule has 0 aliphatic carbocycles. The molecule has 1 aliphatic heterocycles. The zero-order valence-corrected chi connectivity index (χ0v) is 16.0. The van der Waals surface area contributed by atoms with Crippen LogP contribution in [0.2, 0.25) is 0 Å². The van der Waals surface area contributed by atoms with Crippen molar-refractivity contribution in [1.29, 1.82) is 0 Å². The maximum atomic E-state index is 12.2. The normalized spacial score (nSPS) is 17.6. The van der Waals surface area contributed by atoms with Crippen molar-refractivity contribution in [3.8, 4) is 5.75 Å². The Bertz CT molecular complexity index is 597. The van der Waals surface area contributed by atoms with Crippen LogP contribution in [0.15, 0.2) is 24.3 Å². The lowest BCUT2D eigenvalue weighted by molar-refractivity contribution is -0.0498. The Balaban J connectivity index is 1.75. The summed E-state index contributed by atoms with van der Waals surface area (Å²) in [6.07, 6.45) is 0.410. The molecule has 1 fully saturated rings. The van der Waals surface area contributed by atoms with Gasteiger partial charge in [-0.3, -0.25) is 0 Å². The van der Waals surface area contributed by atoms with Crippen molar-refractivity contribution in [3.63, 3.8) is 0 Å². The molecule has 1 aromatic rings. The summed E-state index contributed by atoms with van der Waals surface area (Å²) >= 11 is 0. The van der Waals surface area contributed by atoms with Crippen LogP contribution in [-0.4, -0.2) is 54.0 Å². The largest absolute Gasteiger partial charge is 0.444 e. The molecular formula is C19H28F2N2O4. The van der Waals surface area contributed by atoms with Crippen LogP contribution in [0.1, 0.15) is 45.3 Å². The highest BCUT2D eigenvalue weighted by Crippen LogP contribution is 2.21. The minimum Gasteiger partial charge on any atom is -0.444 e. The Labute approximate surface area is 158 Å². The summed E-state index contributed by atoms with van der Waals surface area (Å²) in [6, 6.07) is 6.06. The number of amides is 1. The fourth-order valence-corrected chi connectivity index (χ4v) is 2.96. The molecule has 2 N–H and O–H groups in total. The Morgan fingerprint density at radius 1 is 1.26 bits per heavy atom. The fraction of sp³-hybridized carbons (Fsp3) is 0.632. The van der Waals surface area contributed by atoms with Crippen molar-refractivity contribution in [2.45, 2.75) is 58.0 Å². The van der Waals surface area contributed by atoms with Crippen molar-refractivity contribution < 1.29 is 28.2 Å². The molecule has 1 aromatic carbocycles. The molecule has 0 aromatic heterocycles. The van der Waals surface area contributed by atoms with Gasteiger partial charge in [-0.25, -0.2) is 4.79 Å². The van der Waals surface area contributed by atoms with Gasteiger partial charge in [0, 0.05) is 25.7 Å². The number of piperidine rings is 1. The third kappa shape index (κ3) is 7.68. The third-order valence-electron chi connectivity index (χ3n) is 4.23. The fourth-order valence-electron chi connectivity index (χ4n) is 2.96. The van der Waals surface area contributed by atoms with Crippen LogP contribution >= 0.6 is 0 Å². The zero-order chi connectivity index (χ0) is 20.0. The molecule has 8 heteroatoms. The average molecular weight is 386 g/mol. The van der Waals surface area contributed by atoms with Crippen molar-refractivity contribution in [2.75, 3.05) is 19.6 Å². The summed E-state index contributed by atoms with van der Waals surface area (Å²) < 4.78 is 33.9. The number of nitrogens with one attached hydrogen (secondary N) is 1. The predicted molar refractivity (Wildman–Crippen MR) is 96.9 cm³/mol. The molecule has 1 heterocycles. The first-order valence-electron chi connectivity index (χ1n) is 9.07. The van der Waals surface area contributed by atoms with Crippen molar-refractivity contribution >= 4 is 6.09 Å². The van der Waals surface area contributed by atoms with E-state index in [9.17, 15) is 18.7 Å². The Morgan fingerprint density at radius 2 is 1.85 bits per heavy atom. The number of aliphatic hydroxyl groups is 1. The van der Waals surface area contributed by atoms with Gasteiger partial charge in [-0.15, -0.1) is 0 Å². The molecule has 1 amide bonds. The standard InChI is InChI=1S/C19H28F2N2O4/c1-19(2,3)27-18(25)22-14-8-10-23(11-9-14)12-16(24)13-4-6-15(7-5-13)26-17(20)21/h4-7,14,16-17,24H,8-12H2,1-3H3,(H,22,25). The smallest absolute Gasteiger partial charge is 0.407 e. The number of carbonyl (C=O) groups excluding carboxylic acids is 1. The summed E-state index contributed by atoms with van der Waals surface area (Å²) in [7, 11) is 0. The predicted octanol–water partition coefficient (Wildman–Crippen LogP) is 3.31. The van der Waals surface area contributed by atoms with Crippen LogP contribution in [-0.2, 0) is 4.74 Å². The minimum absolute atomic E-state index is 0.0547. The molecule has 1 saturated heterocycles. The number of nitrogens with zero attached hydrogens (tertiary/aromatic N) is 1. The lowest BCUT2D eigenvalue weighted by atomic mass is 10.0. The van der Waals surface area contributed by atoms with Gasteiger partial charge < -0.3 is 24.8 Å². The summed E-state index contributed by atoms with van der Waals surface area (Å²) in [4.78, 5) is 13.9. The topological polar surface area (TPSA) is 71.0 Å². The van der Waals surface area contributed by atoms with Crippen LogP contribution in [0, 0.1) is 0 Å². The molecule has 27 heavy (non-hydrogen) atoms. The highest BCUT2D eigenvalue weighted by molar-refractivity contribution is 5.68. The number of alkyl halides is 2. The Morgan fingerprint density at radius 3 is 2.37 bits per heavy atom. The van der Waals surface area contributed by atoms with Crippen molar-refractivity contribution in [1.82, 2.24) is 10.2 Å². The van der Waals surface area contributed by atoms with Crippen molar-refractivity contribution in [3.05, 3.63) is 29.8 Å². The van der Waals surface area contributed by atoms with Crippen LogP contribution in [0.5, 0.6) is 5.75 Å². The Kier molecular flexibility index (Phi) is 7.38. The van der Waals surface area contributed by atoms with E-state index in [1.165, 1.54) is 12.1 Å². The lowest BCUT2D eigenvalue weighted by Gasteiger charge is -2.33. The van der Waals surface area contributed by atoms with Gasteiger partial charge in [0.15, 0.2) is 0 Å². The second-order valence-corrected chi connectivity index (χ2v) is 7.68. The number of likely N-dealkylation sites (tertiary alicyclic amines) is 1. The number of hydrogen-bond acceptors (Lipinski definition) is 5. The van der Waals surface area contributed by atoms with Gasteiger partial charge in [-0.2, -0.15) is 8.78 Å². The highest BCUT2D eigenvalue weighted by Gasteiger charge is 2.24. The van der Waals surface area contributed by atoms with Gasteiger partial charge in [0.2, 0.25) is 0 Å². The van der Waals surface area contributed by atoms with E-state index in [1.807, 2.05) is 20.8 Å². The monoisotopic (exact) mass is 386 g/mol. The number of aliphatic hydroxyl groups excluding tert-OH is 1. The number of halogens is 2.